The third kappa shape index (κ3) is 2.97. The first-order chi connectivity index (χ1) is 8.97. The van der Waals surface area contributed by atoms with Crippen molar-refractivity contribution in [3.8, 4) is 11.5 Å². The predicted octanol–water partition coefficient (Wildman–Crippen LogP) is 2.69. The molecule has 19 heavy (non-hydrogen) atoms. The van der Waals surface area contributed by atoms with Crippen LogP contribution < -0.4 is 11.1 Å². The van der Waals surface area contributed by atoms with Gasteiger partial charge < -0.3 is 21.3 Å². The van der Waals surface area contributed by atoms with Gasteiger partial charge in [0.1, 0.15) is 0 Å². The molecule has 6 heteroatoms. The number of rotatable bonds is 2. The van der Waals surface area contributed by atoms with Crippen molar-refractivity contribution < 1.29 is 15.0 Å². The zero-order valence-corrected chi connectivity index (χ0v) is 11.3. The molecule has 0 fully saturated rings. The second-order valence-electron chi connectivity index (χ2n) is 3.89. The third-order valence-electron chi connectivity index (χ3n) is 2.50. The SMILES string of the molecule is Nc1cc(Br)ccc1NC(=O)c1ccc(O)c(O)c1. The van der Waals surface area contributed by atoms with E-state index in [0.29, 0.717) is 11.4 Å². The molecule has 0 bridgehead atoms. The van der Waals surface area contributed by atoms with Crippen LogP contribution in [-0.2, 0) is 0 Å². The Morgan fingerprint density at radius 3 is 2.47 bits per heavy atom. The number of phenolic OH excluding ortho intramolecular Hbond substituents is 2. The van der Waals surface area contributed by atoms with Gasteiger partial charge in [-0.2, -0.15) is 0 Å². The van der Waals surface area contributed by atoms with Crippen molar-refractivity contribution in [3.63, 3.8) is 0 Å². The van der Waals surface area contributed by atoms with E-state index in [1.807, 2.05) is 0 Å². The minimum absolute atomic E-state index is 0.220. The lowest BCUT2D eigenvalue weighted by molar-refractivity contribution is 0.102. The Morgan fingerprint density at radius 1 is 1.11 bits per heavy atom. The number of amides is 1. The summed E-state index contributed by atoms with van der Waals surface area (Å²) in [7, 11) is 0. The number of carbonyl (C=O) groups excluding carboxylic acids is 1. The van der Waals surface area contributed by atoms with E-state index in [4.69, 9.17) is 5.73 Å². The molecule has 98 valence electrons. The van der Waals surface area contributed by atoms with Crippen LogP contribution in [0.4, 0.5) is 11.4 Å². The predicted molar refractivity (Wildman–Crippen MR) is 76.3 cm³/mol. The topological polar surface area (TPSA) is 95.6 Å². The lowest BCUT2D eigenvalue weighted by Crippen LogP contribution is -2.13. The van der Waals surface area contributed by atoms with Crippen molar-refractivity contribution >= 4 is 33.2 Å². The first-order valence-corrected chi connectivity index (χ1v) is 6.15. The maximum absolute atomic E-state index is 11.9. The molecular weight excluding hydrogens is 312 g/mol. The van der Waals surface area contributed by atoms with Crippen molar-refractivity contribution in [2.75, 3.05) is 11.1 Å². The van der Waals surface area contributed by atoms with Gasteiger partial charge >= 0.3 is 0 Å². The molecule has 0 radical (unpaired) electrons. The average molecular weight is 323 g/mol. The largest absolute Gasteiger partial charge is 0.504 e. The summed E-state index contributed by atoms with van der Waals surface area (Å²) < 4.78 is 0.810. The second-order valence-corrected chi connectivity index (χ2v) is 4.80. The van der Waals surface area contributed by atoms with Crippen LogP contribution >= 0.6 is 15.9 Å². The van der Waals surface area contributed by atoms with Gasteiger partial charge in [-0.3, -0.25) is 4.79 Å². The van der Waals surface area contributed by atoms with Crippen LogP contribution in [0.25, 0.3) is 0 Å². The van der Waals surface area contributed by atoms with Crippen LogP contribution in [0.2, 0.25) is 0 Å². The Morgan fingerprint density at radius 2 is 1.84 bits per heavy atom. The van der Waals surface area contributed by atoms with E-state index in [1.54, 1.807) is 18.2 Å². The first kappa shape index (κ1) is 13.2. The highest BCUT2D eigenvalue weighted by atomic mass is 79.9. The monoisotopic (exact) mass is 322 g/mol. The Hall–Kier alpha value is -2.21. The van der Waals surface area contributed by atoms with Crippen LogP contribution in [0.15, 0.2) is 40.9 Å². The van der Waals surface area contributed by atoms with E-state index in [9.17, 15) is 15.0 Å². The van der Waals surface area contributed by atoms with Crippen molar-refractivity contribution in [2.24, 2.45) is 0 Å². The number of halogens is 1. The van der Waals surface area contributed by atoms with Crippen LogP contribution in [0, 0.1) is 0 Å². The molecule has 5 N–H and O–H groups in total. The van der Waals surface area contributed by atoms with E-state index in [-0.39, 0.29) is 17.1 Å². The number of nitrogens with one attached hydrogen (secondary N) is 1. The Labute approximate surface area is 117 Å². The van der Waals surface area contributed by atoms with Gasteiger partial charge in [-0.1, -0.05) is 15.9 Å². The molecule has 0 saturated heterocycles. The number of nitrogen functional groups attached to an aromatic ring is 1. The molecule has 0 spiro atoms. The average Bonchev–Trinajstić information content (AvgIpc) is 2.36. The Bertz CT molecular complexity index is 644. The molecule has 0 aliphatic carbocycles. The molecule has 0 aromatic heterocycles. The van der Waals surface area contributed by atoms with Crippen LogP contribution in [-0.4, -0.2) is 16.1 Å². The molecule has 5 nitrogen and oxygen atoms in total. The lowest BCUT2D eigenvalue weighted by atomic mass is 10.2. The van der Waals surface area contributed by atoms with Crippen molar-refractivity contribution in [3.05, 3.63) is 46.4 Å². The standard InChI is InChI=1S/C13H11BrN2O3/c14-8-2-3-10(9(15)6-8)16-13(19)7-1-4-11(17)12(18)5-7/h1-6,17-18H,15H2,(H,16,19). The van der Waals surface area contributed by atoms with Crippen LogP contribution in [0.5, 0.6) is 11.5 Å². The molecule has 2 aromatic carbocycles. The van der Waals surface area contributed by atoms with E-state index in [1.165, 1.54) is 18.2 Å². The molecule has 1 amide bonds. The maximum atomic E-state index is 11.9. The molecular formula is C13H11BrN2O3. The van der Waals surface area contributed by atoms with E-state index in [2.05, 4.69) is 21.2 Å². The quantitative estimate of drug-likeness (QED) is 0.505. The summed E-state index contributed by atoms with van der Waals surface area (Å²) in [5.41, 5.74) is 6.88. The molecule has 0 aliphatic heterocycles. The number of aromatic hydroxyl groups is 2. The summed E-state index contributed by atoms with van der Waals surface area (Å²) in [4.78, 5) is 11.9. The second kappa shape index (κ2) is 5.19. The number of carbonyl (C=O) groups is 1. The Balaban J connectivity index is 2.23. The highest BCUT2D eigenvalue weighted by Crippen LogP contribution is 2.27. The van der Waals surface area contributed by atoms with E-state index in [0.717, 1.165) is 4.47 Å². The van der Waals surface area contributed by atoms with Gasteiger partial charge in [0.2, 0.25) is 0 Å². The van der Waals surface area contributed by atoms with E-state index < -0.39 is 5.91 Å². The van der Waals surface area contributed by atoms with Crippen LogP contribution in [0.1, 0.15) is 10.4 Å². The molecule has 2 rings (SSSR count). The lowest BCUT2D eigenvalue weighted by Gasteiger charge is -2.09. The van der Waals surface area contributed by atoms with Gasteiger partial charge in [-0.15, -0.1) is 0 Å². The van der Waals surface area contributed by atoms with Crippen LogP contribution in [0.3, 0.4) is 0 Å². The number of hydrogen-bond acceptors (Lipinski definition) is 4. The van der Waals surface area contributed by atoms with Crippen molar-refractivity contribution in [1.82, 2.24) is 0 Å². The van der Waals surface area contributed by atoms with Gasteiger partial charge in [0, 0.05) is 10.0 Å². The highest BCUT2D eigenvalue weighted by molar-refractivity contribution is 9.10. The zero-order chi connectivity index (χ0) is 14.0. The summed E-state index contributed by atoms with van der Waals surface area (Å²) in [5.74, 6) is -1.06. The summed E-state index contributed by atoms with van der Waals surface area (Å²) in [6.07, 6.45) is 0. The molecule has 0 heterocycles. The van der Waals surface area contributed by atoms with Gasteiger partial charge in [0.15, 0.2) is 11.5 Å². The van der Waals surface area contributed by atoms with E-state index >= 15 is 0 Å². The molecule has 0 atom stereocenters. The minimum Gasteiger partial charge on any atom is -0.504 e. The summed E-state index contributed by atoms with van der Waals surface area (Å²) in [5, 5.41) is 21.2. The van der Waals surface area contributed by atoms with Gasteiger partial charge in [0.05, 0.1) is 11.4 Å². The number of hydrogen-bond donors (Lipinski definition) is 4. The summed E-state index contributed by atoms with van der Waals surface area (Å²) in [6.45, 7) is 0. The highest BCUT2D eigenvalue weighted by Gasteiger charge is 2.10. The van der Waals surface area contributed by atoms with Crippen molar-refractivity contribution in [1.29, 1.82) is 0 Å². The fourth-order valence-electron chi connectivity index (χ4n) is 1.51. The fraction of sp³-hybridized carbons (Fsp3) is 0. The fourth-order valence-corrected chi connectivity index (χ4v) is 1.89. The normalized spacial score (nSPS) is 10.2. The Kier molecular flexibility index (Phi) is 3.62. The first-order valence-electron chi connectivity index (χ1n) is 5.36. The molecule has 0 aliphatic rings. The number of phenols is 2. The molecule has 0 saturated carbocycles. The third-order valence-corrected chi connectivity index (χ3v) is 2.99. The molecule has 0 unspecified atom stereocenters. The van der Waals surface area contributed by atoms with Crippen molar-refractivity contribution in [2.45, 2.75) is 0 Å². The summed E-state index contributed by atoms with van der Waals surface area (Å²) in [6, 6.07) is 8.91. The van der Waals surface area contributed by atoms with Gasteiger partial charge in [0.25, 0.3) is 5.91 Å². The van der Waals surface area contributed by atoms with Gasteiger partial charge in [-0.25, -0.2) is 0 Å². The number of anilines is 2. The summed E-state index contributed by atoms with van der Waals surface area (Å²) >= 11 is 3.27. The zero-order valence-electron chi connectivity index (χ0n) is 9.72. The molecule has 2 aromatic rings. The number of benzene rings is 2. The van der Waals surface area contributed by atoms with Gasteiger partial charge in [-0.05, 0) is 36.4 Å². The minimum atomic E-state index is -0.427. The number of nitrogens with two attached hydrogens (primary N) is 1. The maximum Gasteiger partial charge on any atom is 0.255 e. The smallest absolute Gasteiger partial charge is 0.255 e.